The highest BCUT2D eigenvalue weighted by Crippen LogP contribution is 2.58. The van der Waals surface area contributed by atoms with Crippen LogP contribution in [0.5, 0.6) is 11.6 Å². The highest BCUT2D eigenvalue weighted by molar-refractivity contribution is 8.22. The predicted molar refractivity (Wildman–Crippen MR) is 180 cm³/mol. The third-order valence-corrected chi connectivity index (χ3v) is 11.5. The summed E-state index contributed by atoms with van der Waals surface area (Å²) < 4.78 is 45.1. The largest absolute Gasteiger partial charge is 0.494 e. The van der Waals surface area contributed by atoms with Gasteiger partial charge in [-0.05, 0) is 77.6 Å². The van der Waals surface area contributed by atoms with E-state index in [1.54, 1.807) is 34.4 Å². The maximum Gasteiger partial charge on any atom is 0.306 e. The number of benzene rings is 2. The van der Waals surface area contributed by atoms with Crippen molar-refractivity contribution < 1.29 is 28.1 Å². The minimum Gasteiger partial charge on any atom is -0.494 e. The fraction of sp³-hybridized carbons (Fsp3) is 0.375. The molecule has 2 atom stereocenters. The van der Waals surface area contributed by atoms with Gasteiger partial charge >= 0.3 is 5.97 Å². The second kappa shape index (κ2) is 13.0. The van der Waals surface area contributed by atoms with E-state index in [-0.39, 0.29) is 54.0 Å². The zero-order chi connectivity index (χ0) is 32.7. The average Bonchev–Trinajstić information content (AvgIpc) is 3.65. The van der Waals surface area contributed by atoms with Crippen LogP contribution in [0.2, 0.25) is 5.02 Å². The minimum absolute atomic E-state index is 0.0842. The monoisotopic (exact) mass is 685 g/mol. The lowest BCUT2D eigenvalue weighted by Gasteiger charge is -2.41. The Hall–Kier alpha value is -3.46. The van der Waals surface area contributed by atoms with E-state index >= 15 is 0 Å². The van der Waals surface area contributed by atoms with Gasteiger partial charge in [0.05, 0.1) is 31.7 Å². The highest BCUT2D eigenvalue weighted by Gasteiger charge is 2.36. The second-order valence-corrected chi connectivity index (χ2v) is 14.6. The van der Waals surface area contributed by atoms with E-state index in [1.807, 2.05) is 38.4 Å². The number of pyridine rings is 1. The van der Waals surface area contributed by atoms with E-state index in [4.69, 9.17) is 25.8 Å². The smallest absolute Gasteiger partial charge is 0.306 e. The third kappa shape index (κ3) is 5.91. The van der Waals surface area contributed by atoms with Gasteiger partial charge in [-0.3, -0.25) is 13.9 Å². The Morgan fingerprint density at radius 3 is 2.80 bits per heavy atom. The van der Waals surface area contributed by atoms with Crippen molar-refractivity contribution in [2.24, 2.45) is 7.05 Å². The normalized spacial score (nSPS) is 17.7. The fourth-order valence-corrected chi connectivity index (χ4v) is 8.77. The van der Waals surface area contributed by atoms with Crippen molar-refractivity contribution in [2.75, 3.05) is 20.3 Å². The number of thiophene rings is 1. The number of hydrogen-bond acceptors (Lipinski definition) is 11. The van der Waals surface area contributed by atoms with Crippen LogP contribution in [0.15, 0.2) is 46.8 Å². The van der Waals surface area contributed by atoms with Gasteiger partial charge in [0.2, 0.25) is 5.88 Å². The Morgan fingerprint density at radius 2 is 2.07 bits per heavy atom. The molecule has 0 bridgehead atoms. The number of aryl methyl sites for hydroxylation is 2. The van der Waals surface area contributed by atoms with Crippen molar-refractivity contribution in [3.05, 3.63) is 69.2 Å². The summed E-state index contributed by atoms with van der Waals surface area (Å²) in [6.07, 6.45) is 1.84. The van der Waals surface area contributed by atoms with Crippen LogP contribution in [-0.2, 0) is 23.1 Å². The Bertz CT molecular complexity index is 1930. The maximum atomic E-state index is 13.1. The number of esters is 1. The van der Waals surface area contributed by atoms with Gasteiger partial charge in [0, 0.05) is 30.4 Å². The number of carbonyl (C=O) groups excluding carboxylic acids is 1. The number of hydrogen-bond donors (Lipinski definition) is 2. The topological polar surface area (TPSA) is 132 Å². The van der Waals surface area contributed by atoms with Crippen LogP contribution in [0.4, 0.5) is 0 Å². The molecule has 244 valence electrons. The number of halogens is 1. The Labute approximate surface area is 277 Å². The lowest BCUT2D eigenvalue weighted by Crippen LogP contribution is -2.34. The molecule has 11 nitrogen and oxygen atoms in total. The molecule has 0 radical (unpaired) electrons. The molecule has 0 aliphatic carbocycles. The molecule has 1 unspecified atom stereocenters. The number of aromatic nitrogens is 4. The van der Waals surface area contributed by atoms with Gasteiger partial charge < -0.3 is 14.2 Å². The molecule has 4 heterocycles. The van der Waals surface area contributed by atoms with E-state index < -0.39 is 16.7 Å². The summed E-state index contributed by atoms with van der Waals surface area (Å²) in [5.41, 5.74) is 4.97. The lowest BCUT2D eigenvalue weighted by molar-refractivity contribution is -0.143. The molecule has 0 saturated carbocycles. The zero-order valence-corrected chi connectivity index (χ0v) is 28.6. The molecule has 0 saturated heterocycles. The second-order valence-electron chi connectivity index (χ2n) is 11.2. The minimum atomic E-state index is -3.53. The number of fused-ring (bicyclic) bond motifs is 3. The molecule has 2 aromatic carbocycles. The van der Waals surface area contributed by atoms with Crippen LogP contribution in [-0.4, -0.2) is 65.7 Å². The van der Waals surface area contributed by atoms with Crippen molar-refractivity contribution in [3.8, 4) is 11.6 Å². The Kier molecular flexibility index (Phi) is 9.16. The van der Waals surface area contributed by atoms with Gasteiger partial charge in [-0.2, -0.15) is 4.31 Å². The van der Waals surface area contributed by atoms with Gasteiger partial charge in [-0.1, -0.05) is 29.8 Å². The highest BCUT2D eigenvalue weighted by atomic mass is 35.5. The Balaban J connectivity index is 1.49. The van der Waals surface area contributed by atoms with E-state index in [0.29, 0.717) is 17.7 Å². The van der Waals surface area contributed by atoms with Gasteiger partial charge in [0.25, 0.3) is 0 Å². The molecule has 14 heteroatoms. The number of ether oxygens (including phenoxy) is 3. The molecular weight excluding hydrogens is 650 g/mol. The standard InChI is InChI=1S/C32H36ClN5O6S2/c1-6-23-17-38(46(40,41)27-12-22(33)15-34-32(27)44-23)16-21-11-20(10-19-8-9-45-31(19)21)25(14-28(39)43-7-2)24-13-26(42-5)30-29(18(24)3)35-36-37(30)4/h8-13,15,23,25,40-41H,6-7,14,16-17H2,1-5H3/t23-,25?/m1/s1. The summed E-state index contributed by atoms with van der Waals surface area (Å²) in [7, 11) is -0.112. The van der Waals surface area contributed by atoms with Crippen LogP contribution in [0.3, 0.4) is 0 Å². The van der Waals surface area contributed by atoms with Crippen molar-refractivity contribution in [3.63, 3.8) is 0 Å². The first-order valence-corrected chi connectivity index (χ1v) is 17.7. The molecule has 3 aromatic heterocycles. The summed E-state index contributed by atoms with van der Waals surface area (Å²) in [5, 5.41) is 11.9. The number of methoxy groups -OCH3 is 1. The molecule has 1 aliphatic heterocycles. The molecule has 0 amide bonds. The molecule has 6 rings (SSSR count). The van der Waals surface area contributed by atoms with Crippen molar-refractivity contribution in [1.82, 2.24) is 24.3 Å². The van der Waals surface area contributed by atoms with Crippen LogP contribution < -0.4 is 9.47 Å². The van der Waals surface area contributed by atoms with Gasteiger partial charge in [-0.25, -0.2) is 9.67 Å². The zero-order valence-electron chi connectivity index (χ0n) is 26.2. The van der Waals surface area contributed by atoms with Crippen LogP contribution in [0, 0.1) is 6.92 Å². The van der Waals surface area contributed by atoms with Crippen LogP contribution >= 0.6 is 33.7 Å². The number of nitrogens with zero attached hydrogens (tertiary/aromatic N) is 5. The van der Waals surface area contributed by atoms with Crippen molar-refractivity contribution in [2.45, 2.75) is 57.1 Å². The van der Waals surface area contributed by atoms with Crippen LogP contribution in [0.25, 0.3) is 21.1 Å². The van der Waals surface area contributed by atoms with Gasteiger partial charge in [-0.15, -0.1) is 27.2 Å². The Morgan fingerprint density at radius 1 is 1.26 bits per heavy atom. The lowest BCUT2D eigenvalue weighted by atomic mass is 9.84. The van der Waals surface area contributed by atoms with E-state index in [2.05, 4.69) is 27.4 Å². The average molecular weight is 686 g/mol. The number of rotatable bonds is 9. The van der Waals surface area contributed by atoms with Gasteiger partial charge in [0.15, 0.2) is 0 Å². The molecule has 2 N–H and O–H groups in total. The molecule has 0 fully saturated rings. The SMILES string of the molecule is CCOC(=O)CC(c1cc(CN2C[C@@H](CC)Oc3ncc(Cl)cc3S2(O)O)c2sccc2c1)c1cc(OC)c2c(nnn2C)c1C. The molecule has 46 heavy (non-hydrogen) atoms. The molecule has 0 spiro atoms. The number of carbonyl (C=O) groups is 1. The molecule has 5 aromatic rings. The van der Waals surface area contributed by atoms with Gasteiger partial charge in [0.1, 0.15) is 27.8 Å². The summed E-state index contributed by atoms with van der Waals surface area (Å²) in [6, 6.07) is 9.63. The quantitative estimate of drug-likeness (QED) is 0.152. The fourth-order valence-electron chi connectivity index (χ4n) is 6.07. The first-order chi connectivity index (χ1) is 22.0. The summed E-state index contributed by atoms with van der Waals surface area (Å²) in [5.74, 6) is 0.0287. The summed E-state index contributed by atoms with van der Waals surface area (Å²) >= 11 is 7.83. The summed E-state index contributed by atoms with van der Waals surface area (Å²) in [6.45, 7) is 6.47. The predicted octanol–water partition coefficient (Wildman–Crippen LogP) is 7.33. The third-order valence-electron chi connectivity index (χ3n) is 8.39. The van der Waals surface area contributed by atoms with E-state index in [1.165, 1.54) is 12.3 Å². The molecular formula is C32H36ClN5O6S2. The molecule has 1 aliphatic rings. The van der Waals surface area contributed by atoms with Crippen LogP contribution in [0.1, 0.15) is 54.9 Å². The van der Waals surface area contributed by atoms with Crippen molar-refractivity contribution in [1.29, 1.82) is 0 Å². The van der Waals surface area contributed by atoms with E-state index in [0.717, 1.165) is 37.9 Å². The van der Waals surface area contributed by atoms with E-state index in [9.17, 15) is 13.9 Å². The first kappa shape index (κ1) is 32.5. The maximum absolute atomic E-state index is 13.1. The first-order valence-electron chi connectivity index (χ1n) is 14.9. The van der Waals surface area contributed by atoms with Crippen molar-refractivity contribution >= 4 is 60.8 Å². The summed E-state index contributed by atoms with van der Waals surface area (Å²) in [4.78, 5) is 17.5.